The maximum absolute atomic E-state index is 3.55. The molecule has 0 aromatic rings. The number of hydrogen-bond acceptors (Lipinski definition) is 0. The van der Waals surface area contributed by atoms with Crippen molar-refractivity contribution in [3.63, 3.8) is 0 Å². The van der Waals surface area contributed by atoms with Gasteiger partial charge in [0.05, 0.1) is 0 Å². The third-order valence-electron chi connectivity index (χ3n) is 1.09. The third kappa shape index (κ3) is 3.12. The van der Waals surface area contributed by atoms with Crippen molar-refractivity contribution < 1.29 is 0 Å². The fraction of sp³-hybridized carbons (Fsp3) is 0.375. The molecule has 0 heterocycles. The van der Waals surface area contributed by atoms with Gasteiger partial charge in [-0.3, -0.25) is 0 Å². The SMILES string of the molecule is C=C=C(C)C(C)=S=CC. The minimum absolute atomic E-state index is 1.14. The van der Waals surface area contributed by atoms with Crippen LogP contribution in [0.2, 0.25) is 0 Å². The Hall–Kier alpha value is -0.520. The Morgan fingerprint density at radius 1 is 1.56 bits per heavy atom. The molecule has 1 heteroatoms. The van der Waals surface area contributed by atoms with Gasteiger partial charge in [0.15, 0.2) is 0 Å². The lowest BCUT2D eigenvalue weighted by atomic mass is 10.3. The summed E-state index contributed by atoms with van der Waals surface area (Å²) in [5.41, 5.74) is 3.98. The van der Waals surface area contributed by atoms with Gasteiger partial charge in [0.25, 0.3) is 0 Å². The molecule has 0 saturated heterocycles. The smallest absolute Gasteiger partial charge is 0.0116 e. The van der Waals surface area contributed by atoms with Crippen molar-refractivity contribution in [3.8, 4) is 0 Å². The molecule has 0 rings (SSSR count). The summed E-state index contributed by atoms with van der Waals surface area (Å²) in [7, 11) is 1.72. The molecule has 9 heavy (non-hydrogen) atoms. The molecule has 0 radical (unpaired) electrons. The fourth-order valence-corrected chi connectivity index (χ4v) is 0.992. The molecule has 50 valence electrons. The summed E-state index contributed by atoms with van der Waals surface area (Å²) in [6, 6.07) is 0. The second-order valence-electron chi connectivity index (χ2n) is 1.71. The highest BCUT2D eigenvalue weighted by molar-refractivity contribution is 7.97. The monoisotopic (exact) mass is 140 g/mol. The lowest BCUT2D eigenvalue weighted by Crippen LogP contribution is -1.85. The van der Waals surface area contributed by atoms with Crippen LogP contribution in [0.4, 0.5) is 0 Å². The second kappa shape index (κ2) is 4.37. The highest BCUT2D eigenvalue weighted by atomic mass is 32.1. The first-order valence-electron chi connectivity index (χ1n) is 2.87. The van der Waals surface area contributed by atoms with Gasteiger partial charge in [-0.15, -0.1) is 5.73 Å². The summed E-state index contributed by atoms with van der Waals surface area (Å²) in [6.45, 7) is 9.65. The van der Waals surface area contributed by atoms with Crippen LogP contribution in [-0.2, 0) is 0 Å². The molecular formula is C8H12S. The number of hydrogen-bond donors (Lipinski definition) is 0. The van der Waals surface area contributed by atoms with Gasteiger partial charge in [-0.05, 0) is 26.1 Å². The van der Waals surface area contributed by atoms with E-state index in [0.29, 0.717) is 0 Å². The Bertz CT molecular complexity index is 199. The van der Waals surface area contributed by atoms with Crippen LogP contribution in [0.25, 0.3) is 0 Å². The van der Waals surface area contributed by atoms with E-state index in [1.165, 1.54) is 4.86 Å². The minimum atomic E-state index is 1.14. The normalized spacial score (nSPS) is 7.44. The molecule has 0 nitrogen and oxygen atoms in total. The molecule has 0 aliphatic heterocycles. The Morgan fingerprint density at radius 2 is 2.11 bits per heavy atom. The lowest BCUT2D eigenvalue weighted by Gasteiger charge is -1.88. The van der Waals surface area contributed by atoms with Gasteiger partial charge in [0.2, 0.25) is 0 Å². The van der Waals surface area contributed by atoms with Crippen LogP contribution in [-0.4, -0.2) is 10.2 Å². The minimum Gasteiger partial charge on any atom is -0.153 e. The highest BCUT2D eigenvalue weighted by Gasteiger charge is 1.85. The van der Waals surface area contributed by atoms with E-state index in [1.807, 2.05) is 13.8 Å². The van der Waals surface area contributed by atoms with Gasteiger partial charge in [-0.1, -0.05) is 6.58 Å². The number of rotatable bonds is 1. The maximum atomic E-state index is 3.55. The first-order valence-corrected chi connectivity index (χ1v) is 3.75. The van der Waals surface area contributed by atoms with Crippen LogP contribution in [0.1, 0.15) is 20.8 Å². The van der Waals surface area contributed by atoms with Crippen molar-refractivity contribution in [2.45, 2.75) is 20.8 Å². The van der Waals surface area contributed by atoms with Crippen LogP contribution >= 0.6 is 10.9 Å². The zero-order valence-electron chi connectivity index (χ0n) is 6.19. The van der Waals surface area contributed by atoms with Crippen molar-refractivity contribution in [2.24, 2.45) is 0 Å². The van der Waals surface area contributed by atoms with E-state index in [-0.39, 0.29) is 0 Å². The quantitative estimate of drug-likeness (QED) is 0.298. The van der Waals surface area contributed by atoms with E-state index in [2.05, 4.69) is 24.6 Å². The molecule has 0 aromatic heterocycles. The molecule has 0 amide bonds. The molecule has 0 N–H and O–H groups in total. The summed E-state index contributed by atoms with van der Waals surface area (Å²) in [5, 5.41) is 2.05. The molecule has 0 aliphatic rings. The predicted octanol–water partition coefficient (Wildman–Crippen LogP) is 2.47. The Balaban J connectivity index is 4.60. The average molecular weight is 140 g/mol. The second-order valence-corrected chi connectivity index (χ2v) is 3.03. The average Bonchev–Trinajstić information content (AvgIpc) is 1.87. The molecule has 0 fully saturated rings. The van der Waals surface area contributed by atoms with E-state index < -0.39 is 0 Å². The zero-order chi connectivity index (χ0) is 7.28. The van der Waals surface area contributed by atoms with Crippen molar-refractivity contribution in [2.75, 3.05) is 0 Å². The molecule has 0 aromatic carbocycles. The summed E-state index contributed by atoms with van der Waals surface area (Å²) >= 11 is 0. The fourth-order valence-electron chi connectivity index (χ4n) is 0.390. The van der Waals surface area contributed by atoms with Crippen molar-refractivity contribution in [3.05, 3.63) is 17.9 Å². The Morgan fingerprint density at radius 3 is 2.44 bits per heavy atom. The van der Waals surface area contributed by atoms with E-state index in [9.17, 15) is 0 Å². The summed E-state index contributed by atoms with van der Waals surface area (Å²) in [5.74, 6) is 0. The Kier molecular flexibility index (Phi) is 4.12. The van der Waals surface area contributed by atoms with Crippen molar-refractivity contribution in [1.29, 1.82) is 0 Å². The topological polar surface area (TPSA) is 0 Å². The largest absolute Gasteiger partial charge is 0.153 e. The first kappa shape index (κ1) is 8.48. The van der Waals surface area contributed by atoms with Crippen molar-refractivity contribution >= 4 is 21.2 Å². The van der Waals surface area contributed by atoms with Gasteiger partial charge in [-0.2, -0.15) is 10.9 Å². The van der Waals surface area contributed by atoms with Crippen molar-refractivity contribution in [1.82, 2.24) is 0 Å². The molecular weight excluding hydrogens is 128 g/mol. The van der Waals surface area contributed by atoms with Gasteiger partial charge in [0.1, 0.15) is 0 Å². The zero-order valence-corrected chi connectivity index (χ0v) is 7.01. The first-order chi connectivity index (χ1) is 4.22. The third-order valence-corrected chi connectivity index (χ3v) is 1.98. The number of allylic oxidation sites excluding steroid dienone is 1. The molecule has 0 bridgehead atoms. The van der Waals surface area contributed by atoms with Gasteiger partial charge >= 0.3 is 0 Å². The molecule has 0 atom stereocenters. The molecule has 0 unspecified atom stereocenters. The van der Waals surface area contributed by atoms with E-state index >= 15 is 0 Å². The molecule has 0 saturated carbocycles. The van der Waals surface area contributed by atoms with Gasteiger partial charge in [0, 0.05) is 10.4 Å². The summed E-state index contributed by atoms with van der Waals surface area (Å²) in [6.07, 6.45) is 0. The summed E-state index contributed by atoms with van der Waals surface area (Å²) < 4.78 is 0. The van der Waals surface area contributed by atoms with Gasteiger partial charge < -0.3 is 0 Å². The standard InChI is InChI=1S/C8H12S/c1-5-7(3)8(4)9-6-2/h6H,1H2,2-4H3. The molecule has 0 aliphatic carbocycles. The lowest BCUT2D eigenvalue weighted by molar-refractivity contribution is 1.62. The van der Waals surface area contributed by atoms with Crippen LogP contribution in [0, 0.1) is 0 Å². The molecule has 0 spiro atoms. The van der Waals surface area contributed by atoms with Crippen LogP contribution in [0.3, 0.4) is 0 Å². The summed E-state index contributed by atoms with van der Waals surface area (Å²) in [4.78, 5) is 1.27. The maximum Gasteiger partial charge on any atom is 0.0116 e. The van der Waals surface area contributed by atoms with Crippen LogP contribution < -0.4 is 0 Å². The van der Waals surface area contributed by atoms with Crippen LogP contribution in [0.5, 0.6) is 0 Å². The van der Waals surface area contributed by atoms with Crippen LogP contribution in [0.15, 0.2) is 17.9 Å². The predicted molar refractivity (Wildman–Crippen MR) is 48.3 cm³/mol. The van der Waals surface area contributed by atoms with E-state index in [0.717, 1.165) is 5.57 Å². The van der Waals surface area contributed by atoms with E-state index in [4.69, 9.17) is 0 Å². The highest BCUT2D eigenvalue weighted by Crippen LogP contribution is 1.93. The Labute approximate surface area is 60.4 Å². The van der Waals surface area contributed by atoms with E-state index in [1.54, 1.807) is 10.9 Å². The van der Waals surface area contributed by atoms with Gasteiger partial charge in [-0.25, -0.2) is 0 Å².